The number of rotatable bonds is 8. The molecule has 1 atom stereocenters. The Morgan fingerprint density at radius 2 is 1.75 bits per heavy atom. The minimum absolute atomic E-state index is 0.0798. The SMILES string of the molecule is CCOc1ccc(OCC(=O)NC(C)(CC)CO)cc1. The highest BCUT2D eigenvalue weighted by Crippen LogP contribution is 2.17. The second-order valence-corrected chi connectivity index (χ2v) is 4.81. The third-order valence-corrected chi connectivity index (χ3v) is 3.08. The molecule has 112 valence electrons. The molecule has 0 radical (unpaired) electrons. The third-order valence-electron chi connectivity index (χ3n) is 3.08. The highest BCUT2D eigenvalue weighted by atomic mass is 16.5. The summed E-state index contributed by atoms with van der Waals surface area (Å²) in [5, 5.41) is 12.0. The molecule has 5 nitrogen and oxygen atoms in total. The molecule has 2 N–H and O–H groups in total. The first-order chi connectivity index (χ1) is 9.53. The Balaban J connectivity index is 2.44. The van der Waals surface area contributed by atoms with Crippen molar-refractivity contribution in [3.05, 3.63) is 24.3 Å². The van der Waals surface area contributed by atoms with Gasteiger partial charge in [0.2, 0.25) is 0 Å². The smallest absolute Gasteiger partial charge is 0.258 e. The van der Waals surface area contributed by atoms with Crippen LogP contribution >= 0.6 is 0 Å². The monoisotopic (exact) mass is 281 g/mol. The number of aliphatic hydroxyl groups excluding tert-OH is 1. The maximum absolute atomic E-state index is 11.7. The Bertz CT molecular complexity index is 412. The van der Waals surface area contributed by atoms with Gasteiger partial charge in [0.25, 0.3) is 5.91 Å². The van der Waals surface area contributed by atoms with E-state index in [1.165, 1.54) is 0 Å². The van der Waals surface area contributed by atoms with Gasteiger partial charge in [-0.2, -0.15) is 0 Å². The van der Waals surface area contributed by atoms with Crippen molar-refractivity contribution in [2.45, 2.75) is 32.7 Å². The van der Waals surface area contributed by atoms with Crippen LogP contribution in [0.2, 0.25) is 0 Å². The lowest BCUT2D eigenvalue weighted by molar-refractivity contribution is -0.125. The van der Waals surface area contributed by atoms with E-state index in [1.807, 2.05) is 13.8 Å². The number of aliphatic hydroxyl groups is 1. The summed E-state index contributed by atoms with van der Waals surface area (Å²) in [5.74, 6) is 1.12. The molecular weight excluding hydrogens is 258 g/mol. The summed E-state index contributed by atoms with van der Waals surface area (Å²) in [5.41, 5.74) is -0.598. The van der Waals surface area contributed by atoms with Gasteiger partial charge in [0.15, 0.2) is 6.61 Å². The van der Waals surface area contributed by atoms with Crippen LogP contribution in [-0.4, -0.2) is 36.4 Å². The van der Waals surface area contributed by atoms with E-state index in [9.17, 15) is 9.90 Å². The second-order valence-electron chi connectivity index (χ2n) is 4.81. The van der Waals surface area contributed by atoms with E-state index in [0.717, 1.165) is 5.75 Å². The third kappa shape index (κ3) is 5.09. The van der Waals surface area contributed by atoms with Gasteiger partial charge in [-0.3, -0.25) is 4.79 Å². The number of amides is 1. The van der Waals surface area contributed by atoms with Crippen molar-refractivity contribution in [2.24, 2.45) is 0 Å². The van der Waals surface area contributed by atoms with Crippen LogP contribution in [-0.2, 0) is 4.79 Å². The van der Waals surface area contributed by atoms with Gasteiger partial charge in [-0.25, -0.2) is 0 Å². The molecule has 0 saturated heterocycles. The zero-order chi connectivity index (χ0) is 15.0. The van der Waals surface area contributed by atoms with E-state index in [1.54, 1.807) is 31.2 Å². The topological polar surface area (TPSA) is 67.8 Å². The largest absolute Gasteiger partial charge is 0.494 e. The highest BCUT2D eigenvalue weighted by Gasteiger charge is 2.23. The minimum atomic E-state index is -0.598. The summed E-state index contributed by atoms with van der Waals surface area (Å²) in [6.45, 7) is 6.05. The Kier molecular flexibility index (Phi) is 6.31. The zero-order valence-electron chi connectivity index (χ0n) is 12.3. The lowest BCUT2D eigenvalue weighted by atomic mass is 10.0. The number of hydrogen-bond acceptors (Lipinski definition) is 4. The molecular formula is C15H23NO4. The molecule has 0 aliphatic carbocycles. The van der Waals surface area contributed by atoms with Gasteiger partial charge < -0.3 is 19.9 Å². The van der Waals surface area contributed by atoms with Crippen molar-refractivity contribution < 1.29 is 19.4 Å². The van der Waals surface area contributed by atoms with Crippen LogP contribution < -0.4 is 14.8 Å². The van der Waals surface area contributed by atoms with Gasteiger partial charge in [0.05, 0.1) is 18.8 Å². The molecule has 0 bridgehead atoms. The van der Waals surface area contributed by atoms with Gasteiger partial charge in [-0.1, -0.05) is 6.92 Å². The fraction of sp³-hybridized carbons (Fsp3) is 0.533. The molecule has 1 amide bonds. The molecule has 1 unspecified atom stereocenters. The van der Waals surface area contributed by atoms with E-state index in [0.29, 0.717) is 18.8 Å². The van der Waals surface area contributed by atoms with Crippen molar-refractivity contribution in [2.75, 3.05) is 19.8 Å². The molecule has 0 fully saturated rings. The Morgan fingerprint density at radius 1 is 1.20 bits per heavy atom. The first-order valence-electron chi connectivity index (χ1n) is 6.80. The molecule has 1 aromatic rings. The molecule has 5 heteroatoms. The predicted molar refractivity (Wildman–Crippen MR) is 77.0 cm³/mol. The summed E-state index contributed by atoms with van der Waals surface area (Å²) < 4.78 is 10.7. The van der Waals surface area contributed by atoms with Crippen molar-refractivity contribution in [3.8, 4) is 11.5 Å². The predicted octanol–water partition coefficient (Wildman–Crippen LogP) is 1.74. The summed E-state index contributed by atoms with van der Waals surface area (Å²) in [6, 6.07) is 7.09. The van der Waals surface area contributed by atoms with Crippen LogP contribution in [0, 0.1) is 0 Å². The highest BCUT2D eigenvalue weighted by molar-refractivity contribution is 5.78. The molecule has 0 aromatic heterocycles. The van der Waals surface area contributed by atoms with E-state index in [2.05, 4.69) is 5.32 Å². The number of benzene rings is 1. The summed E-state index contributed by atoms with van der Waals surface area (Å²) in [6.07, 6.45) is 0.651. The minimum Gasteiger partial charge on any atom is -0.494 e. The molecule has 0 aliphatic heterocycles. The van der Waals surface area contributed by atoms with Crippen LogP contribution in [0.4, 0.5) is 0 Å². The lowest BCUT2D eigenvalue weighted by Gasteiger charge is -2.27. The molecule has 0 saturated carbocycles. The van der Waals surface area contributed by atoms with Crippen molar-refractivity contribution >= 4 is 5.91 Å². The van der Waals surface area contributed by atoms with Crippen molar-refractivity contribution in [3.63, 3.8) is 0 Å². The lowest BCUT2D eigenvalue weighted by Crippen LogP contribution is -2.49. The maximum Gasteiger partial charge on any atom is 0.258 e. The van der Waals surface area contributed by atoms with Gasteiger partial charge in [-0.05, 0) is 44.5 Å². The Morgan fingerprint density at radius 3 is 2.20 bits per heavy atom. The normalized spacial score (nSPS) is 13.4. The maximum atomic E-state index is 11.7. The quantitative estimate of drug-likeness (QED) is 0.761. The Hall–Kier alpha value is -1.75. The number of nitrogens with one attached hydrogen (secondary N) is 1. The van der Waals surface area contributed by atoms with Crippen LogP contribution in [0.5, 0.6) is 11.5 Å². The summed E-state index contributed by atoms with van der Waals surface area (Å²) in [4.78, 5) is 11.7. The van der Waals surface area contributed by atoms with E-state index in [4.69, 9.17) is 9.47 Å². The van der Waals surface area contributed by atoms with Crippen LogP contribution in [0.25, 0.3) is 0 Å². The molecule has 0 heterocycles. The summed E-state index contributed by atoms with van der Waals surface area (Å²) >= 11 is 0. The number of carbonyl (C=O) groups is 1. The molecule has 20 heavy (non-hydrogen) atoms. The zero-order valence-corrected chi connectivity index (χ0v) is 12.3. The molecule has 1 rings (SSSR count). The number of ether oxygens (including phenoxy) is 2. The van der Waals surface area contributed by atoms with Crippen molar-refractivity contribution in [1.82, 2.24) is 5.32 Å². The summed E-state index contributed by atoms with van der Waals surface area (Å²) in [7, 11) is 0. The molecule has 0 spiro atoms. The number of hydrogen-bond donors (Lipinski definition) is 2. The first kappa shape index (κ1) is 16.3. The van der Waals surface area contributed by atoms with E-state index in [-0.39, 0.29) is 19.1 Å². The first-order valence-corrected chi connectivity index (χ1v) is 6.80. The fourth-order valence-electron chi connectivity index (χ4n) is 1.56. The average Bonchev–Trinajstić information content (AvgIpc) is 2.47. The average molecular weight is 281 g/mol. The van der Waals surface area contributed by atoms with Crippen LogP contribution in [0.3, 0.4) is 0 Å². The van der Waals surface area contributed by atoms with Crippen LogP contribution in [0.1, 0.15) is 27.2 Å². The van der Waals surface area contributed by atoms with Crippen molar-refractivity contribution in [1.29, 1.82) is 0 Å². The van der Waals surface area contributed by atoms with Gasteiger partial charge in [-0.15, -0.1) is 0 Å². The van der Waals surface area contributed by atoms with Gasteiger partial charge in [0, 0.05) is 0 Å². The standard InChI is InChI=1S/C15H23NO4/c1-4-15(3,11-17)16-14(18)10-20-13-8-6-12(7-9-13)19-5-2/h6-9,17H,4-5,10-11H2,1-3H3,(H,16,18). The van der Waals surface area contributed by atoms with E-state index < -0.39 is 5.54 Å². The van der Waals surface area contributed by atoms with Crippen LogP contribution in [0.15, 0.2) is 24.3 Å². The molecule has 1 aromatic carbocycles. The van der Waals surface area contributed by atoms with Gasteiger partial charge >= 0.3 is 0 Å². The van der Waals surface area contributed by atoms with E-state index >= 15 is 0 Å². The molecule has 0 aliphatic rings. The van der Waals surface area contributed by atoms with Gasteiger partial charge in [0.1, 0.15) is 11.5 Å². The Labute approximate surface area is 119 Å². The second kappa shape index (κ2) is 7.75. The fourth-order valence-corrected chi connectivity index (χ4v) is 1.56. The number of carbonyl (C=O) groups excluding carboxylic acids is 1.